The summed E-state index contributed by atoms with van der Waals surface area (Å²) in [7, 11) is 0. The molecule has 0 unspecified atom stereocenters. The van der Waals surface area contributed by atoms with Crippen molar-refractivity contribution >= 4 is 11.6 Å². The quantitative estimate of drug-likeness (QED) is 0.898. The molecule has 1 aromatic rings. The van der Waals surface area contributed by atoms with Crippen molar-refractivity contribution < 1.29 is 18.3 Å². The lowest BCUT2D eigenvalue weighted by atomic mass is 9.98. The molecule has 118 valence electrons. The Morgan fingerprint density at radius 2 is 2.00 bits per heavy atom. The van der Waals surface area contributed by atoms with Crippen molar-refractivity contribution in [3.8, 4) is 0 Å². The number of aromatic nitrogens is 1. The number of nitrogens with one attached hydrogen (secondary N) is 1. The summed E-state index contributed by atoms with van der Waals surface area (Å²) >= 11 is 0. The van der Waals surface area contributed by atoms with Crippen LogP contribution in [0.2, 0.25) is 0 Å². The number of hydrogen-bond donors (Lipinski definition) is 2. The summed E-state index contributed by atoms with van der Waals surface area (Å²) in [6.07, 6.45) is -2.85. The fraction of sp³-hybridized carbons (Fsp3) is 0.643. The lowest BCUT2D eigenvalue weighted by Gasteiger charge is -2.32. The number of aliphatic hydroxyl groups is 1. The Kier molecular flexibility index (Phi) is 4.92. The van der Waals surface area contributed by atoms with Gasteiger partial charge in [0.05, 0.1) is 5.56 Å². The molecule has 1 fully saturated rings. The normalized spacial score (nSPS) is 17.1. The first kappa shape index (κ1) is 15.9. The van der Waals surface area contributed by atoms with E-state index in [-0.39, 0.29) is 18.3 Å². The van der Waals surface area contributed by atoms with Gasteiger partial charge in [0.2, 0.25) is 0 Å². The number of hydrogen-bond acceptors (Lipinski definition) is 4. The summed E-state index contributed by atoms with van der Waals surface area (Å²) in [6, 6.07) is 2.13. The van der Waals surface area contributed by atoms with Crippen molar-refractivity contribution in [3.63, 3.8) is 0 Å². The maximum absolute atomic E-state index is 13.0. The van der Waals surface area contributed by atoms with Crippen LogP contribution in [0.25, 0.3) is 0 Å². The second-order valence-corrected chi connectivity index (χ2v) is 5.24. The fourth-order valence-electron chi connectivity index (χ4n) is 2.46. The van der Waals surface area contributed by atoms with Crippen molar-refractivity contribution in [2.24, 2.45) is 5.92 Å². The standard InChI is InChI=1S/C14H20F3N3O/c1-2-18-12-7-11(14(15,16)17)8-13(19-12)20-5-3-10(9-21)4-6-20/h7-8,10,21H,2-6,9H2,1H3,(H,18,19). The Labute approximate surface area is 122 Å². The molecule has 21 heavy (non-hydrogen) atoms. The van der Waals surface area contributed by atoms with Gasteiger partial charge in [-0.3, -0.25) is 0 Å². The van der Waals surface area contributed by atoms with Crippen LogP contribution < -0.4 is 10.2 Å². The van der Waals surface area contributed by atoms with E-state index in [9.17, 15) is 13.2 Å². The average molecular weight is 303 g/mol. The van der Waals surface area contributed by atoms with E-state index < -0.39 is 11.7 Å². The highest BCUT2D eigenvalue weighted by Gasteiger charge is 2.32. The van der Waals surface area contributed by atoms with Gasteiger partial charge in [0.15, 0.2) is 0 Å². The van der Waals surface area contributed by atoms with E-state index in [1.165, 1.54) is 0 Å². The van der Waals surface area contributed by atoms with Gasteiger partial charge < -0.3 is 15.3 Å². The van der Waals surface area contributed by atoms with Crippen molar-refractivity contribution in [1.82, 2.24) is 4.98 Å². The molecular formula is C14H20F3N3O. The van der Waals surface area contributed by atoms with Crippen LogP contribution in [-0.4, -0.2) is 36.3 Å². The zero-order valence-corrected chi connectivity index (χ0v) is 12.0. The van der Waals surface area contributed by atoms with Crippen LogP contribution in [0.3, 0.4) is 0 Å². The third kappa shape index (κ3) is 4.00. The average Bonchev–Trinajstić information content (AvgIpc) is 2.46. The van der Waals surface area contributed by atoms with E-state index in [0.717, 1.165) is 25.0 Å². The molecule has 1 aliphatic heterocycles. The molecule has 1 saturated heterocycles. The van der Waals surface area contributed by atoms with Crippen molar-refractivity contribution in [2.75, 3.05) is 36.5 Å². The van der Waals surface area contributed by atoms with Crippen molar-refractivity contribution in [1.29, 1.82) is 0 Å². The van der Waals surface area contributed by atoms with Crippen LogP contribution in [0.1, 0.15) is 25.3 Å². The Hall–Kier alpha value is -1.50. The molecule has 0 amide bonds. The van der Waals surface area contributed by atoms with Gasteiger partial charge in [0.25, 0.3) is 0 Å². The summed E-state index contributed by atoms with van der Waals surface area (Å²) < 4.78 is 38.9. The lowest BCUT2D eigenvalue weighted by Crippen LogP contribution is -2.35. The van der Waals surface area contributed by atoms with E-state index in [1.807, 2.05) is 11.8 Å². The third-order valence-corrected chi connectivity index (χ3v) is 3.69. The Morgan fingerprint density at radius 3 is 2.52 bits per heavy atom. The SMILES string of the molecule is CCNc1cc(C(F)(F)F)cc(N2CCC(CO)CC2)n1. The van der Waals surface area contributed by atoms with Gasteiger partial charge in [-0.2, -0.15) is 13.2 Å². The number of halogens is 3. The molecule has 2 rings (SSSR count). The molecule has 1 aliphatic rings. The Morgan fingerprint density at radius 1 is 1.33 bits per heavy atom. The maximum atomic E-state index is 13.0. The van der Waals surface area contributed by atoms with Crippen LogP contribution in [0, 0.1) is 5.92 Å². The van der Waals surface area contributed by atoms with E-state index >= 15 is 0 Å². The fourth-order valence-corrected chi connectivity index (χ4v) is 2.46. The first-order valence-electron chi connectivity index (χ1n) is 7.13. The van der Waals surface area contributed by atoms with Gasteiger partial charge in [-0.1, -0.05) is 0 Å². The van der Waals surface area contributed by atoms with Crippen LogP contribution in [0.4, 0.5) is 24.8 Å². The second kappa shape index (κ2) is 6.51. The minimum absolute atomic E-state index is 0.131. The number of anilines is 2. The molecule has 0 atom stereocenters. The summed E-state index contributed by atoms with van der Waals surface area (Å²) in [6.45, 7) is 3.69. The summed E-state index contributed by atoms with van der Waals surface area (Å²) in [5, 5.41) is 12.0. The Bertz CT molecular complexity index is 471. The largest absolute Gasteiger partial charge is 0.416 e. The van der Waals surface area contributed by atoms with Crippen molar-refractivity contribution in [3.05, 3.63) is 17.7 Å². The molecule has 4 nitrogen and oxygen atoms in total. The smallest absolute Gasteiger partial charge is 0.396 e. The zero-order chi connectivity index (χ0) is 15.5. The minimum Gasteiger partial charge on any atom is -0.396 e. The van der Waals surface area contributed by atoms with Crippen molar-refractivity contribution in [2.45, 2.75) is 25.9 Å². The number of nitrogens with zero attached hydrogens (tertiary/aromatic N) is 2. The van der Waals surface area contributed by atoms with E-state index in [4.69, 9.17) is 5.11 Å². The maximum Gasteiger partial charge on any atom is 0.416 e. The minimum atomic E-state index is -4.38. The number of piperidine rings is 1. The van der Waals surface area contributed by atoms with Gasteiger partial charge in [0.1, 0.15) is 11.6 Å². The molecule has 1 aromatic heterocycles. The number of aliphatic hydroxyl groups excluding tert-OH is 1. The van der Waals surface area contributed by atoms with Gasteiger partial charge >= 0.3 is 6.18 Å². The number of rotatable bonds is 4. The van der Waals surface area contributed by atoms with Gasteiger partial charge in [-0.05, 0) is 37.8 Å². The molecule has 0 saturated carbocycles. The predicted octanol–water partition coefficient (Wildman–Crippen LogP) is 2.74. The van der Waals surface area contributed by atoms with E-state index in [2.05, 4.69) is 10.3 Å². The van der Waals surface area contributed by atoms with Gasteiger partial charge in [-0.25, -0.2) is 4.98 Å². The van der Waals surface area contributed by atoms with Crippen LogP contribution in [-0.2, 0) is 6.18 Å². The molecule has 2 N–H and O–H groups in total. The van der Waals surface area contributed by atoms with Gasteiger partial charge in [0, 0.05) is 26.2 Å². The van der Waals surface area contributed by atoms with E-state index in [0.29, 0.717) is 25.5 Å². The van der Waals surface area contributed by atoms with Crippen LogP contribution >= 0.6 is 0 Å². The monoisotopic (exact) mass is 303 g/mol. The highest BCUT2D eigenvalue weighted by atomic mass is 19.4. The molecule has 7 heteroatoms. The first-order valence-corrected chi connectivity index (χ1v) is 7.13. The summed E-state index contributed by atoms with van der Waals surface area (Å²) in [4.78, 5) is 6.11. The molecule has 0 bridgehead atoms. The highest BCUT2D eigenvalue weighted by molar-refractivity contribution is 5.51. The predicted molar refractivity (Wildman–Crippen MR) is 75.4 cm³/mol. The summed E-state index contributed by atoms with van der Waals surface area (Å²) in [5.74, 6) is 0.823. The number of alkyl halides is 3. The third-order valence-electron chi connectivity index (χ3n) is 3.69. The van der Waals surface area contributed by atoms with Crippen LogP contribution in [0.5, 0.6) is 0 Å². The number of pyridine rings is 1. The molecule has 0 radical (unpaired) electrons. The van der Waals surface area contributed by atoms with Gasteiger partial charge in [-0.15, -0.1) is 0 Å². The van der Waals surface area contributed by atoms with Crippen LogP contribution in [0.15, 0.2) is 12.1 Å². The molecule has 2 heterocycles. The summed E-state index contributed by atoms with van der Waals surface area (Å²) in [5.41, 5.74) is -0.687. The molecule has 0 aliphatic carbocycles. The molecular weight excluding hydrogens is 283 g/mol. The highest BCUT2D eigenvalue weighted by Crippen LogP contribution is 2.33. The molecule has 0 spiro atoms. The van der Waals surface area contributed by atoms with E-state index in [1.54, 1.807) is 0 Å². The topological polar surface area (TPSA) is 48.4 Å². The first-order chi connectivity index (χ1) is 9.94. The molecule has 0 aromatic carbocycles. The zero-order valence-electron chi connectivity index (χ0n) is 12.0. The second-order valence-electron chi connectivity index (χ2n) is 5.24. The Balaban J connectivity index is 2.24. The lowest BCUT2D eigenvalue weighted by molar-refractivity contribution is -0.137.